The van der Waals surface area contributed by atoms with E-state index in [1.807, 2.05) is 4.90 Å². The maximum absolute atomic E-state index is 12.7. The quantitative estimate of drug-likeness (QED) is 0.834. The lowest BCUT2D eigenvalue weighted by atomic mass is 9.78. The fourth-order valence-electron chi connectivity index (χ4n) is 4.50. The number of likely N-dealkylation sites (N-methyl/N-ethyl adjacent to an activating group) is 1. The molecule has 1 N–H and O–H groups in total. The number of amides is 1. The normalized spacial score (nSPS) is 37.4. The highest BCUT2D eigenvalue weighted by Gasteiger charge is 2.54. The average Bonchev–Trinajstić information content (AvgIpc) is 3.07. The van der Waals surface area contributed by atoms with E-state index in [1.165, 1.54) is 0 Å². The summed E-state index contributed by atoms with van der Waals surface area (Å²) in [5.41, 5.74) is 0. The van der Waals surface area contributed by atoms with Crippen LogP contribution in [0, 0.1) is 23.7 Å². The third-order valence-electron chi connectivity index (χ3n) is 5.62. The van der Waals surface area contributed by atoms with Crippen molar-refractivity contribution in [2.45, 2.75) is 26.2 Å². The van der Waals surface area contributed by atoms with Crippen LogP contribution in [0.1, 0.15) is 26.2 Å². The number of rotatable bonds is 3. The van der Waals surface area contributed by atoms with E-state index in [1.54, 1.807) is 0 Å². The fraction of sp³-hybridized carbons (Fsp3) is 0.867. The molecule has 2 saturated carbocycles. The van der Waals surface area contributed by atoms with E-state index in [9.17, 15) is 14.7 Å². The molecule has 4 atom stereocenters. The van der Waals surface area contributed by atoms with E-state index in [2.05, 4.69) is 11.8 Å². The van der Waals surface area contributed by atoms with Crippen LogP contribution in [-0.2, 0) is 9.59 Å². The largest absolute Gasteiger partial charge is 0.481 e. The van der Waals surface area contributed by atoms with E-state index in [-0.39, 0.29) is 17.7 Å². The summed E-state index contributed by atoms with van der Waals surface area (Å²) in [7, 11) is 0. The number of hydrogen-bond acceptors (Lipinski definition) is 3. The summed E-state index contributed by atoms with van der Waals surface area (Å²) in [5, 5.41) is 9.45. The molecule has 0 radical (unpaired) electrons. The maximum atomic E-state index is 12.7. The molecule has 5 nitrogen and oxygen atoms in total. The van der Waals surface area contributed by atoms with Gasteiger partial charge in [-0.1, -0.05) is 6.92 Å². The van der Waals surface area contributed by atoms with Crippen molar-refractivity contribution >= 4 is 11.9 Å². The van der Waals surface area contributed by atoms with Gasteiger partial charge in [0, 0.05) is 26.2 Å². The smallest absolute Gasteiger partial charge is 0.307 e. The molecule has 5 heteroatoms. The lowest BCUT2D eigenvalue weighted by Crippen LogP contribution is -2.52. The number of carboxylic acids is 1. The molecule has 0 aromatic carbocycles. The maximum Gasteiger partial charge on any atom is 0.307 e. The SMILES string of the molecule is CCN1CCN(C(=O)[C@@H]2[C@@H]3CC[C@@H](C3)[C@@H]2C(=O)O)CC1. The topological polar surface area (TPSA) is 60.9 Å². The second-order valence-electron chi connectivity index (χ2n) is 6.48. The molecule has 3 rings (SSSR count). The fourth-order valence-corrected chi connectivity index (χ4v) is 4.50. The van der Waals surface area contributed by atoms with Crippen LogP contribution in [0.5, 0.6) is 0 Å². The molecule has 1 heterocycles. The molecule has 0 aromatic heterocycles. The number of nitrogens with zero attached hydrogens (tertiary/aromatic N) is 2. The summed E-state index contributed by atoms with van der Waals surface area (Å²) >= 11 is 0. The van der Waals surface area contributed by atoms with Crippen LogP contribution >= 0.6 is 0 Å². The first kappa shape index (κ1) is 13.9. The zero-order valence-electron chi connectivity index (χ0n) is 12.1. The van der Waals surface area contributed by atoms with E-state index in [4.69, 9.17) is 0 Å². The zero-order valence-corrected chi connectivity index (χ0v) is 12.1. The van der Waals surface area contributed by atoms with Crippen LogP contribution < -0.4 is 0 Å². The van der Waals surface area contributed by atoms with Crippen molar-refractivity contribution in [2.24, 2.45) is 23.7 Å². The highest BCUT2D eigenvalue weighted by Crippen LogP contribution is 2.52. The van der Waals surface area contributed by atoms with Crippen LogP contribution in [0.25, 0.3) is 0 Å². The van der Waals surface area contributed by atoms with E-state index < -0.39 is 11.9 Å². The molecule has 3 aliphatic rings. The summed E-state index contributed by atoms with van der Waals surface area (Å²) < 4.78 is 0. The number of carboxylic acid groups (broad SMARTS) is 1. The lowest BCUT2D eigenvalue weighted by molar-refractivity contribution is -0.153. The first-order chi connectivity index (χ1) is 9.61. The van der Waals surface area contributed by atoms with Gasteiger partial charge in [-0.25, -0.2) is 0 Å². The van der Waals surface area contributed by atoms with Gasteiger partial charge in [-0.05, 0) is 37.6 Å². The van der Waals surface area contributed by atoms with Gasteiger partial charge in [0.2, 0.25) is 5.91 Å². The molecule has 112 valence electrons. The zero-order chi connectivity index (χ0) is 14.3. The van der Waals surface area contributed by atoms with Crippen molar-refractivity contribution in [2.75, 3.05) is 32.7 Å². The first-order valence-electron chi connectivity index (χ1n) is 7.85. The van der Waals surface area contributed by atoms with Gasteiger partial charge in [-0.2, -0.15) is 0 Å². The number of piperazine rings is 1. The van der Waals surface area contributed by atoms with E-state index >= 15 is 0 Å². The summed E-state index contributed by atoms with van der Waals surface area (Å²) in [4.78, 5) is 28.5. The van der Waals surface area contributed by atoms with Gasteiger partial charge in [0.15, 0.2) is 0 Å². The van der Waals surface area contributed by atoms with Gasteiger partial charge < -0.3 is 14.9 Å². The van der Waals surface area contributed by atoms with Crippen LogP contribution in [0.15, 0.2) is 0 Å². The highest BCUT2D eigenvalue weighted by atomic mass is 16.4. The van der Waals surface area contributed by atoms with Crippen molar-refractivity contribution in [3.63, 3.8) is 0 Å². The van der Waals surface area contributed by atoms with Crippen LogP contribution in [0.2, 0.25) is 0 Å². The summed E-state index contributed by atoms with van der Waals surface area (Å²) in [6, 6.07) is 0. The van der Waals surface area contributed by atoms with E-state index in [0.717, 1.165) is 52.0 Å². The molecule has 3 fully saturated rings. The van der Waals surface area contributed by atoms with Gasteiger partial charge in [0.1, 0.15) is 0 Å². The Kier molecular flexibility index (Phi) is 3.71. The second kappa shape index (κ2) is 5.35. The molecule has 1 amide bonds. The Morgan fingerprint density at radius 1 is 1.05 bits per heavy atom. The molecular weight excluding hydrogens is 256 g/mol. The molecular formula is C15H24N2O3. The number of hydrogen-bond donors (Lipinski definition) is 1. The lowest BCUT2D eigenvalue weighted by Gasteiger charge is -2.38. The monoisotopic (exact) mass is 280 g/mol. The minimum absolute atomic E-state index is 0.111. The molecule has 20 heavy (non-hydrogen) atoms. The molecule has 2 aliphatic carbocycles. The van der Waals surface area contributed by atoms with Gasteiger partial charge in [-0.3, -0.25) is 9.59 Å². The Bertz CT molecular complexity index is 404. The molecule has 1 saturated heterocycles. The molecule has 2 bridgehead atoms. The molecule has 0 spiro atoms. The summed E-state index contributed by atoms with van der Waals surface area (Å²) in [6.07, 6.45) is 2.98. The second-order valence-corrected chi connectivity index (χ2v) is 6.48. The van der Waals surface area contributed by atoms with Crippen LogP contribution in [0.4, 0.5) is 0 Å². The Morgan fingerprint density at radius 2 is 1.65 bits per heavy atom. The van der Waals surface area contributed by atoms with Crippen LogP contribution in [-0.4, -0.2) is 59.5 Å². The Morgan fingerprint density at radius 3 is 2.20 bits per heavy atom. The van der Waals surface area contributed by atoms with Crippen molar-refractivity contribution in [3.05, 3.63) is 0 Å². The predicted molar refractivity (Wildman–Crippen MR) is 74.1 cm³/mol. The van der Waals surface area contributed by atoms with Crippen molar-refractivity contribution in [1.29, 1.82) is 0 Å². The summed E-state index contributed by atoms with van der Waals surface area (Å²) in [6.45, 7) is 6.50. The summed E-state index contributed by atoms with van der Waals surface area (Å²) in [5.74, 6) is -0.769. The van der Waals surface area contributed by atoms with Crippen molar-refractivity contribution < 1.29 is 14.7 Å². The first-order valence-corrected chi connectivity index (χ1v) is 7.85. The Hall–Kier alpha value is -1.10. The predicted octanol–water partition coefficient (Wildman–Crippen LogP) is 0.897. The van der Waals surface area contributed by atoms with Gasteiger partial charge in [0.25, 0.3) is 0 Å². The Labute approximate surface area is 119 Å². The van der Waals surface area contributed by atoms with Gasteiger partial charge >= 0.3 is 5.97 Å². The standard InChI is InChI=1S/C15H24N2O3/c1-2-16-5-7-17(8-6-16)14(18)12-10-3-4-11(9-10)13(12)15(19)20/h10-13H,2-9H2,1H3,(H,19,20)/t10-,11+,12-,13+/m1/s1. The third kappa shape index (κ3) is 2.22. The van der Waals surface area contributed by atoms with Crippen molar-refractivity contribution in [3.8, 4) is 0 Å². The number of aliphatic carboxylic acids is 1. The minimum Gasteiger partial charge on any atom is -0.481 e. The Balaban J connectivity index is 1.69. The minimum atomic E-state index is -0.761. The molecule has 0 aromatic rings. The number of carbonyl (C=O) groups excluding carboxylic acids is 1. The molecule has 0 unspecified atom stereocenters. The third-order valence-corrected chi connectivity index (χ3v) is 5.62. The number of fused-ring (bicyclic) bond motifs is 2. The highest BCUT2D eigenvalue weighted by molar-refractivity contribution is 5.86. The van der Waals surface area contributed by atoms with Crippen LogP contribution in [0.3, 0.4) is 0 Å². The van der Waals surface area contributed by atoms with Gasteiger partial charge in [-0.15, -0.1) is 0 Å². The molecule has 1 aliphatic heterocycles. The average molecular weight is 280 g/mol. The van der Waals surface area contributed by atoms with E-state index in [0.29, 0.717) is 5.92 Å². The van der Waals surface area contributed by atoms with Crippen molar-refractivity contribution in [1.82, 2.24) is 9.80 Å². The number of carbonyl (C=O) groups is 2. The van der Waals surface area contributed by atoms with Gasteiger partial charge in [0.05, 0.1) is 11.8 Å².